The fourth-order valence-corrected chi connectivity index (χ4v) is 2.58. The van der Waals surface area contributed by atoms with E-state index in [-0.39, 0.29) is 17.1 Å². The third-order valence-electron chi connectivity index (χ3n) is 3.57. The van der Waals surface area contributed by atoms with E-state index in [0.29, 0.717) is 12.8 Å². The molecule has 2 N–H and O–H groups in total. The lowest BCUT2D eigenvalue weighted by molar-refractivity contribution is 0.331. The maximum atomic E-state index is 14.2. The Bertz CT molecular complexity index is 429. The fraction of sp³-hybridized carbons (Fsp3) is 0.538. The molecule has 5 heteroatoms. The van der Waals surface area contributed by atoms with Gasteiger partial charge in [-0.25, -0.2) is 8.78 Å². The summed E-state index contributed by atoms with van der Waals surface area (Å²) in [7, 11) is 2.66. The summed E-state index contributed by atoms with van der Waals surface area (Å²) in [5, 5.41) is 0. The molecule has 1 aromatic carbocycles. The highest BCUT2D eigenvalue weighted by Gasteiger charge is 2.38. The van der Waals surface area contributed by atoms with Crippen molar-refractivity contribution in [2.45, 2.75) is 31.2 Å². The molecule has 0 radical (unpaired) electrons. The Balaban J connectivity index is 2.63. The van der Waals surface area contributed by atoms with Crippen LogP contribution in [0.15, 0.2) is 6.07 Å². The van der Waals surface area contributed by atoms with Crippen molar-refractivity contribution >= 4 is 0 Å². The number of ether oxygens (including phenoxy) is 2. The van der Waals surface area contributed by atoms with Crippen LogP contribution in [0.2, 0.25) is 0 Å². The average molecular weight is 257 g/mol. The van der Waals surface area contributed by atoms with Crippen LogP contribution in [0, 0.1) is 11.6 Å². The number of hydrogen-bond donors (Lipinski definition) is 1. The highest BCUT2D eigenvalue weighted by Crippen LogP contribution is 2.43. The number of nitrogens with two attached hydrogens (primary N) is 1. The first kappa shape index (κ1) is 13.1. The van der Waals surface area contributed by atoms with E-state index in [1.807, 2.05) is 0 Å². The average Bonchev–Trinajstić information content (AvgIpc) is 2.77. The van der Waals surface area contributed by atoms with Gasteiger partial charge in [0, 0.05) is 11.6 Å². The molecule has 0 spiro atoms. The van der Waals surface area contributed by atoms with Crippen molar-refractivity contribution in [1.82, 2.24) is 0 Å². The van der Waals surface area contributed by atoms with E-state index < -0.39 is 17.2 Å². The number of methoxy groups -OCH3 is 2. The Kier molecular flexibility index (Phi) is 3.43. The topological polar surface area (TPSA) is 44.5 Å². The summed E-state index contributed by atoms with van der Waals surface area (Å²) >= 11 is 0. The Labute approximate surface area is 105 Å². The summed E-state index contributed by atoms with van der Waals surface area (Å²) in [4.78, 5) is 0. The predicted molar refractivity (Wildman–Crippen MR) is 63.8 cm³/mol. The van der Waals surface area contributed by atoms with E-state index in [9.17, 15) is 8.78 Å². The van der Waals surface area contributed by atoms with Gasteiger partial charge in [0.1, 0.15) is 0 Å². The van der Waals surface area contributed by atoms with Crippen molar-refractivity contribution in [2.75, 3.05) is 14.2 Å². The molecule has 2 rings (SSSR count). The minimum absolute atomic E-state index is 0.0417. The molecular weight excluding hydrogens is 240 g/mol. The van der Waals surface area contributed by atoms with Crippen molar-refractivity contribution in [3.8, 4) is 11.5 Å². The number of rotatable bonds is 3. The van der Waals surface area contributed by atoms with Crippen LogP contribution >= 0.6 is 0 Å². The first-order chi connectivity index (χ1) is 8.53. The molecule has 0 bridgehead atoms. The summed E-state index contributed by atoms with van der Waals surface area (Å²) in [6.45, 7) is 0. The minimum Gasteiger partial charge on any atom is -0.494 e. The van der Waals surface area contributed by atoms with Crippen molar-refractivity contribution in [2.24, 2.45) is 5.73 Å². The van der Waals surface area contributed by atoms with Gasteiger partial charge in [-0.1, -0.05) is 12.8 Å². The van der Waals surface area contributed by atoms with E-state index in [2.05, 4.69) is 0 Å². The van der Waals surface area contributed by atoms with E-state index in [1.165, 1.54) is 20.3 Å². The Hall–Kier alpha value is -1.36. The van der Waals surface area contributed by atoms with Crippen LogP contribution in [-0.4, -0.2) is 14.2 Å². The lowest BCUT2D eigenvalue weighted by Crippen LogP contribution is -2.35. The highest BCUT2D eigenvalue weighted by atomic mass is 19.1. The van der Waals surface area contributed by atoms with Gasteiger partial charge in [-0.05, 0) is 12.8 Å². The lowest BCUT2D eigenvalue weighted by Gasteiger charge is -2.26. The van der Waals surface area contributed by atoms with E-state index in [0.717, 1.165) is 12.8 Å². The van der Waals surface area contributed by atoms with Gasteiger partial charge in [0.25, 0.3) is 0 Å². The summed E-state index contributed by atoms with van der Waals surface area (Å²) in [5.41, 5.74) is 5.06. The second-order valence-electron chi connectivity index (χ2n) is 4.65. The largest absolute Gasteiger partial charge is 0.494 e. The lowest BCUT2D eigenvalue weighted by atomic mass is 9.88. The molecule has 0 unspecified atom stereocenters. The molecule has 1 saturated carbocycles. The fourth-order valence-electron chi connectivity index (χ4n) is 2.58. The zero-order chi connectivity index (χ0) is 13.3. The second kappa shape index (κ2) is 4.72. The maximum Gasteiger partial charge on any atom is 0.173 e. The van der Waals surface area contributed by atoms with Gasteiger partial charge in [-0.3, -0.25) is 0 Å². The molecule has 0 aromatic heterocycles. The summed E-state index contributed by atoms with van der Waals surface area (Å²) < 4.78 is 38.3. The van der Waals surface area contributed by atoms with E-state index in [1.54, 1.807) is 0 Å². The summed E-state index contributed by atoms with van der Waals surface area (Å²) in [6, 6.07) is 1.20. The first-order valence-electron chi connectivity index (χ1n) is 5.93. The quantitative estimate of drug-likeness (QED) is 0.905. The molecule has 0 amide bonds. The predicted octanol–water partition coefficient (Wildman–Crippen LogP) is 2.71. The molecule has 0 atom stereocenters. The van der Waals surface area contributed by atoms with Crippen LogP contribution in [0.5, 0.6) is 11.5 Å². The Morgan fingerprint density at radius 2 is 1.50 bits per heavy atom. The molecular formula is C13H17F2NO2. The Morgan fingerprint density at radius 1 is 1.06 bits per heavy atom. The first-order valence-corrected chi connectivity index (χ1v) is 5.93. The Morgan fingerprint density at radius 3 is 1.89 bits per heavy atom. The molecule has 1 aromatic rings. The van der Waals surface area contributed by atoms with Gasteiger partial charge in [0.05, 0.1) is 19.8 Å². The third kappa shape index (κ3) is 1.92. The third-order valence-corrected chi connectivity index (χ3v) is 3.57. The highest BCUT2D eigenvalue weighted by molar-refractivity contribution is 5.45. The molecule has 0 heterocycles. The monoisotopic (exact) mass is 257 g/mol. The standard InChI is InChI=1S/C13H17F2NO2/c1-17-8-7-9(18-2)12(15)10(11(8)14)13(16)5-3-4-6-13/h7H,3-6,16H2,1-2H3. The molecule has 1 fully saturated rings. The molecule has 100 valence electrons. The van der Waals surface area contributed by atoms with Crippen molar-refractivity contribution in [1.29, 1.82) is 0 Å². The summed E-state index contributed by atoms with van der Waals surface area (Å²) in [6.07, 6.45) is 2.87. The van der Waals surface area contributed by atoms with Gasteiger partial charge in [0.2, 0.25) is 0 Å². The van der Waals surface area contributed by atoms with E-state index in [4.69, 9.17) is 15.2 Å². The molecule has 18 heavy (non-hydrogen) atoms. The van der Waals surface area contributed by atoms with Crippen LogP contribution in [-0.2, 0) is 5.54 Å². The van der Waals surface area contributed by atoms with Gasteiger partial charge in [-0.15, -0.1) is 0 Å². The van der Waals surface area contributed by atoms with Crippen LogP contribution in [0.4, 0.5) is 8.78 Å². The van der Waals surface area contributed by atoms with Crippen LogP contribution < -0.4 is 15.2 Å². The van der Waals surface area contributed by atoms with Crippen molar-refractivity contribution < 1.29 is 18.3 Å². The number of halogens is 2. The van der Waals surface area contributed by atoms with Crippen LogP contribution in [0.25, 0.3) is 0 Å². The molecule has 0 aliphatic heterocycles. The van der Waals surface area contributed by atoms with Gasteiger partial charge >= 0.3 is 0 Å². The zero-order valence-electron chi connectivity index (χ0n) is 10.6. The number of benzene rings is 1. The van der Waals surface area contributed by atoms with Gasteiger partial charge in [0.15, 0.2) is 23.1 Å². The molecule has 1 aliphatic carbocycles. The van der Waals surface area contributed by atoms with Crippen molar-refractivity contribution in [3.63, 3.8) is 0 Å². The summed E-state index contributed by atoms with van der Waals surface area (Å²) in [5.74, 6) is -1.53. The van der Waals surface area contributed by atoms with Crippen molar-refractivity contribution in [3.05, 3.63) is 23.3 Å². The SMILES string of the molecule is COc1cc(OC)c(F)c(C2(N)CCCC2)c1F. The van der Waals surface area contributed by atoms with Crippen LogP contribution in [0.3, 0.4) is 0 Å². The molecule has 0 saturated heterocycles. The normalized spacial score (nSPS) is 17.8. The maximum absolute atomic E-state index is 14.2. The van der Waals surface area contributed by atoms with Gasteiger partial charge in [-0.2, -0.15) is 0 Å². The second-order valence-corrected chi connectivity index (χ2v) is 4.65. The zero-order valence-corrected chi connectivity index (χ0v) is 10.6. The van der Waals surface area contributed by atoms with Gasteiger partial charge < -0.3 is 15.2 Å². The molecule has 3 nitrogen and oxygen atoms in total. The van der Waals surface area contributed by atoms with E-state index >= 15 is 0 Å². The smallest absolute Gasteiger partial charge is 0.173 e. The molecule has 1 aliphatic rings. The van der Waals surface area contributed by atoms with Crippen LogP contribution in [0.1, 0.15) is 31.2 Å². The number of hydrogen-bond acceptors (Lipinski definition) is 3. The minimum atomic E-state index is -0.962.